The lowest BCUT2D eigenvalue weighted by molar-refractivity contribution is -0.132. The van der Waals surface area contributed by atoms with E-state index in [2.05, 4.69) is 0 Å². The van der Waals surface area contributed by atoms with Crippen LogP contribution in [-0.4, -0.2) is 43.8 Å². The number of nitrogens with zero attached hydrogens (tertiary/aromatic N) is 1. The Balaban J connectivity index is 2.47. The Labute approximate surface area is 181 Å². The van der Waals surface area contributed by atoms with Gasteiger partial charge >= 0.3 is 5.97 Å². The zero-order valence-corrected chi connectivity index (χ0v) is 18.6. The third-order valence-corrected chi connectivity index (χ3v) is 5.26. The number of carboxylic acids is 1. The highest BCUT2D eigenvalue weighted by atomic mass is 16.7. The van der Waals surface area contributed by atoms with Crippen LogP contribution in [0.2, 0.25) is 0 Å². The van der Waals surface area contributed by atoms with Gasteiger partial charge in [-0.1, -0.05) is 12.1 Å². The maximum absolute atomic E-state index is 11.5. The molecule has 0 fully saturated rings. The molecule has 0 radical (unpaired) electrons. The van der Waals surface area contributed by atoms with Crippen LogP contribution in [0.15, 0.2) is 35.9 Å². The van der Waals surface area contributed by atoms with Crippen molar-refractivity contribution in [2.24, 2.45) is 7.05 Å². The molecule has 0 amide bonds. The summed E-state index contributed by atoms with van der Waals surface area (Å²) in [6.07, 6.45) is 1.64. The molecule has 3 rings (SSSR count). The molecule has 1 aromatic heterocycles. The molecule has 0 spiro atoms. The molecular weight excluding hydrogens is 398 g/mol. The van der Waals surface area contributed by atoms with Gasteiger partial charge in [-0.15, -0.1) is 0 Å². The van der Waals surface area contributed by atoms with E-state index in [4.69, 9.17) is 18.9 Å². The van der Waals surface area contributed by atoms with Crippen molar-refractivity contribution in [3.63, 3.8) is 0 Å². The van der Waals surface area contributed by atoms with E-state index in [0.29, 0.717) is 17.1 Å². The fourth-order valence-electron chi connectivity index (χ4n) is 3.88. The zero-order chi connectivity index (χ0) is 22.7. The predicted octanol–water partition coefficient (Wildman–Crippen LogP) is 4.64. The van der Waals surface area contributed by atoms with Gasteiger partial charge < -0.3 is 28.6 Å². The average Bonchev–Trinajstić information content (AvgIpc) is 3.03. The van der Waals surface area contributed by atoms with Gasteiger partial charge in [0.2, 0.25) is 0 Å². The van der Waals surface area contributed by atoms with Gasteiger partial charge in [0.25, 0.3) is 0 Å². The van der Waals surface area contributed by atoms with Crippen molar-refractivity contribution in [3.05, 3.63) is 47.0 Å². The van der Waals surface area contributed by atoms with Crippen LogP contribution in [0.25, 0.3) is 28.2 Å². The summed E-state index contributed by atoms with van der Waals surface area (Å²) in [6.45, 7) is 3.61. The lowest BCUT2D eigenvalue weighted by Crippen LogP contribution is -2.03. The van der Waals surface area contributed by atoms with E-state index in [1.807, 2.05) is 42.8 Å². The van der Waals surface area contributed by atoms with Gasteiger partial charge in [0.05, 0.1) is 25.4 Å². The van der Waals surface area contributed by atoms with Crippen LogP contribution >= 0.6 is 0 Å². The van der Waals surface area contributed by atoms with E-state index in [9.17, 15) is 9.90 Å². The van der Waals surface area contributed by atoms with E-state index in [1.54, 1.807) is 40.4 Å². The van der Waals surface area contributed by atoms with Gasteiger partial charge in [-0.25, -0.2) is 4.79 Å². The Kier molecular flexibility index (Phi) is 6.56. The largest absolute Gasteiger partial charge is 0.496 e. The quantitative estimate of drug-likeness (QED) is 0.418. The second kappa shape index (κ2) is 9.14. The molecule has 0 aliphatic rings. The molecule has 31 heavy (non-hydrogen) atoms. The summed E-state index contributed by atoms with van der Waals surface area (Å²) in [6, 6.07) is 9.55. The topological polar surface area (TPSA) is 79.2 Å². The van der Waals surface area contributed by atoms with Gasteiger partial charge in [0.1, 0.15) is 5.75 Å². The number of fused-ring (bicyclic) bond motifs is 1. The maximum Gasteiger partial charge on any atom is 0.331 e. The molecule has 0 aliphatic carbocycles. The Morgan fingerprint density at radius 3 is 2.42 bits per heavy atom. The number of hydrogen-bond donors (Lipinski definition) is 1. The average molecular weight is 425 g/mol. The minimum absolute atomic E-state index is 0.0487. The number of carbonyl (C=O) groups is 1. The monoisotopic (exact) mass is 425 g/mol. The molecule has 7 nitrogen and oxygen atoms in total. The lowest BCUT2D eigenvalue weighted by atomic mass is 10.0. The van der Waals surface area contributed by atoms with E-state index >= 15 is 0 Å². The fourth-order valence-corrected chi connectivity index (χ4v) is 3.88. The number of hydrogen-bond acceptors (Lipinski definition) is 5. The van der Waals surface area contributed by atoms with Crippen molar-refractivity contribution in [2.75, 3.05) is 28.1 Å². The molecule has 0 atom stereocenters. The summed E-state index contributed by atoms with van der Waals surface area (Å²) in [5, 5.41) is 10.2. The van der Waals surface area contributed by atoms with Crippen LogP contribution in [0.5, 0.6) is 17.2 Å². The van der Waals surface area contributed by atoms with Crippen molar-refractivity contribution < 1.29 is 28.8 Å². The van der Waals surface area contributed by atoms with Crippen LogP contribution in [0, 0.1) is 6.92 Å². The van der Waals surface area contributed by atoms with E-state index in [-0.39, 0.29) is 12.4 Å². The molecule has 0 aliphatic heterocycles. The first-order valence-corrected chi connectivity index (χ1v) is 9.72. The number of benzene rings is 2. The third-order valence-electron chi connectivity index (χ3n) is 5.26. The first kappa shape index (κ1) is 22.2. The van der Waals surface area contributed by atoms with Crippen LogP contribution in [0.3, 0.4) is 0 Å². The van der Waals surface area contributed by atoms with Crippen molar-refractivity contribution in [2.45, 2.75) is 13.8 Å². The fraction of sp³-hybridized carbons (Fsp3) is 0.292. The van der Waals surface area contributed by atoms with Gasteiger partial charge in [-0.05, 0) is 43.7 Å². The Morgan fingerprint density at radius 1 is 1.13 bits per heavy atom. The van der Waals surface area contributed by atoms with Crippen molar-refractivity contribution in [1.29, 1.82) is 0 Å². The van der Waals surface area contributed by atoms with Crippen molar-refractivity contribution >= 4 is 22.9 Å². The molecule has 164 valence electrons. The SMILES string of the molecule is COCOc1c(OC)cc(/C=C(\C)C(=O)O)c2c1c(C)c(-c1ccccc1OC)n2C. The number of aryl methyl sites for hydroxylation is 2. The first-order valence-electron chi connectivity index (χ1n) is 9.72. The third kappa shape index (κ3) is 3.96. The minimum Gasteiger partial charge on any atom is -0.496 e. The number of aliphatic carboxylic acids is 1. The van der Waals surface area contributed by atoms with Gasteiger partial charge in [0.15, 0.2) is 18.3 Å². The van der Waals surface area contributed by atoms with Crippen molar-refractivity contribution in [1.82, 2.24) is 4.57 Å². The standard InChI is InChI=1S/C24H27NO6/c1-14(24(26)27)11-16-12-19(30-6)23(31-13-28-4)20-15(2)21(25(3)22(16)20)17-9-7-8-10-18(17)29-5/h7-12H,13H2,1-6H3,(H,26,27)/b14-11+. The van der Waals surface area contributed by atoms with Crippen molar-refractivity contribution in [3.8, 4) is 28.5 Å². The second-order valence-electron chi connectivity index (χ2n) is 7.14. The highest BCUT2D eigenvalue weighted by Crippen LogP contribution is 2.46. The van der Waals surface area contributed by atoms with Crippen LogP contribution < -0.4 is 14.2 Å². The summed E-state index contributed by atoms with van der Waals surface area (Å²) >= 11 is 0. The number of ether oxygens (including phenoxy) is 4. The van der Waals surface area contributed by atoms with E-state index in [0.717, 1.165) is 33.5 Å². The highest BCUT2D eigenvalue weighted by molar-refractivity contribution is 6.04. The molecule has 1 heterocycles. The molecule has 0 saturated carbocycles. The van der Waals surface area contributed by atoms with E-state index in [1.165, 1.54) is 0 Å². The van der Waals surface area contributed by atoms with Gasteiger partial charge in [-0.3, -0.25) is 0 Å². The molecular formula is C24H27NO6. The molecule has 3 aromatic rings. The highest BCUT2D eigenvalue weighted by Gasteiger charge is 2.24. The summed E-state index contributed by atoms with van der Waals surface area (Å²) in [4.78, 5) is 11.5. The number of methoxy groups -OCH3 is 3. The summed E-state index contributed by atoms with van der Waals surface area (Å²) in [5.41, 5.74) is 4.56. The summed E-state index contributed by atoms with van der Waals surface area (Å²) < 4.78 is 24.3. The summed E-state index contributed by atoms with van der Waals surface area (Å²) in [7, 11) is 6.68. The molecule has 0 saturated heterocycles. The molecule has 0 bridgehead atoms. The van der Waals surface area contributed by atoms with E-state index < -0.39 is 5.97 Å². The number of carboxylic acid groups (broad SMARTS) is 1. The molecule has 2 aromatic carbocycles. The minimum atomic E-state index is -0.984. The van der Waals surface area contributed by atoms with Crippen LogP contribution in [0.4, 0.5) is 0 Å². The van der Waals surface area contributed by atoms with Crippen LogP contribution in [-0.2, 0) is 16.6 Å². The Hall–Kier alpha value is -3.45. The Morgan fingerprint density at radius 2 is 1.81 bits per heavy atom. The Bertz CT molecular complexity index is 1160. The van der Waals surface area contributed by atoms with Crippen LogP contribution in [0.1, 0.15) is 18.1 Å². The van der Waals surface area contributed by atoms with Gasteiger partial charge in [0, 0.05) is 36.2 Å². The smallest absolute Gasteiger partial charge is 0.331 e. The number of para-hydroxylation sites is 1. The molecule has 1 N–H and O–H groups in total. The van der Waals surface area contributed by atoms with Gasteiger partial charge in [-0.2, -0.15) is 0 Å². The first-order chi connectivity index (χ1) is 14.8. The maximum atomic E-state index is 11.5. The zero-order valence-electron chi connectivity index (χ0n) is 18.6. The number of aromatic nitrogens is 1. The normalized spacial score (nSPS) is 11.6. The molecule has 7 heteroatoms. The lowest BCUT2D eigenvalue weighted by Gasteiger charge is -2.14. The summed E-state index contributed by atoms with van der Waals surface area (Å²) in [5.74, 6) is 0.789. The molecule has 0 unspecified atom stereocenters. The predicted molar refractivity (Wildman–Crippen MR) is 120 cm³/mol. The number of rotatable bonds is 8. The second-order valence-corrected chi connectivity index (χ2v) is 7.14.